The fraction of sp³-hybridized carbons (Fsp3) is 0.200. The summed E-state index contributed by atoms with van der Waals surface area (Å²) in [6, 6.07) is 3.06. The van der Waals surface area contributed by atoms with Gasteiger partial charge in [0.05, 0.1) is 18.7 Å². The number of halogens is 5. The highest BCUT2D eigenvalue weighted by Gasteiger charge is 2.65. The van der Waals surface area contributed by atoms with Crippen molar-refractivity contribution < 1.29 is 41.6 Å². The highest BCUT2D eigenvalue weighted by Crippen LogP contribution is 2.47. The van der Waals surface area contributed by atoms with E-state index in [-0.39, 0.29) is 17.5 Å². The quantitative estimate of drug-likeness (QED) is 0.353. The van der Waals surface area contributed by atoms with E-state index in [9.17, 15) is 32.2 Å². The maximum absolute atomic E-state index is 14.2. The fourth-order valence-electron chi connectivity index (χ4n) is 3.09. The first kappa shape index (κ1) is 22.2. The number of fused-ring (bicyclic) bond motifs is 1. The maximum atomic E-state index is 14.2. The van der Waals surface area contributed by atoms with Gasteiger partial charge in [-0.3, -0.25) is 0 Å². The molecule has 2 heterocycles. The third kappa shape index (κ3) is 4.47. The van der Waals surface area contributed by atoms with Crippen LogP contribution in [0.5, 0.6) is 11.5 Å². The van der Waals surface area contributed by atoms with Crippen LogP contribution in [-0.2, 0) is 0 Å². The lowest BCUT2D eigenvalue weighted by Gasteiger charge is -2.31. The minimum atomic E-state index is -4.90. The van der Waals surface area contributed by atoms with Crippen LogP contribution in [0.4, 0.5) is 39.4 Å². The molecule has 1 aliphatic carbocycles. The second-order valence-electron chi connectivity index (χ2n) is 7.05. The maximum Gasteiger partial charge on any atom is 0.507 e. The van der Waals surface area contributed by atoms with Gasteiger partial charge in [-0.2, -0.15) is 22.5 Å². The van der Waals surface area contributed by atoms with E-state index in [0.717, 1.165) is 30.9 Å². The first-order valence-corrected chi connectivity index (χ1v) is 9.30. The molecule has 2 aliphatic rings. The molecule has 0 bridgehead atoms. The summed E-state index contributed by atoms with van der Waals surface area (Å²) in [4.78, 5) is 7.79. The number of allylic oxidation sites excluding steroid dienone is 3. The number of alkyl halides is 4. The van der Waals surface area contributed by atoms with Crippen molar-refractivity contribution >= 4 is 17.5 Å². The van der Waals surface area contributed by atoms with Crippen LogP contribution in [0.2, 0.25) is 0 Å². The van der Waals surface area contributed by atoms with Gasteiger partial charge in [0.25, 0.3) is 0 Å². The number of rotatable bonds is 4. The van der Waals surface area contributed by atoms with Gasteiger partial charge in [-0.15, -0.1) is 0 Å². The zero-order valence-electron chi connectivity index (χ0n) is 16.5. The van der Waals surface area contributed by atoms with Crippen molar-refractivity contribution in [1.29, 1.82) is 0 Å². The van der Waals surface area contributed by atoms with E-state index in [1.54, 1.807) is 6.08 Å². The van der Waals surface area contributed by atoms with Crippen molar-refractivity contribution in [2.24, 2.45) is 0 Å². The lowest BCUT2D eigenvalue weighted by Crippen LogP contribution is -2.52. The third-order valence-corrected chi connectivity index (χ3v) is 4.59. The molecule has 0 radical (unpaired) electrons. The predicted molar refractivity (Wildman–Crippen MR) is 105 cm³/mol. The van der Waals surface area contributed by atoms with Crippen LogP contribution in [0.15, 0.2) is 59.8 Å². The van der Waals surface area contributed by atoms with E-state index < -0.39 is 29.5 Å². The average Bonchev–Trinajstić information content (AvgIpc) is 2.76. The first-order valence-electron chi connectivity index (χ1n) is 9.30. The molecule has 0 unspecified atom stereocenters. The van der Waals surface area contributed by atoms with Crippen molar-refractivity contribution in [2.45, 2.75) is 25.1 Å². The summed E-state index contributed by atoms with van der Waals surface area (Å²) in [5, 5.41) is 23.9. The van der Waals surface area contributed by atoms with Crippen LogP contribution in [0.1, 0.15) is 12.8 Å². The molecule has 0 saturated carbocycles. The molecular weight excluding hydrogens is 455 g/mol. The molecule has 0 saturated heterocycles. The van der Waals surface area contributed by atoms with Crippen LogP contribution in [0.25, 0.3) is 0 Å². The van der Waals surface area contributed by atoms with Gasteiger partial charge in [-0.25, -0.2) is 9.37 Å². The van der Waals surface area contributed by atoms with E-state index in [0.29, 0.717) is 29.7 Å². The van der Waals surface area contributed by atoms with Gasteiger partial charge in [0.15, 0.2) is 23.1 Å². The highest BCUT2D eigenvalue weighted by atomic mass is 19.3. The molecule has 1 aromatic heterocycles. The molecule has 174 valence electrons. The Morgan fingerprint density at radius 3 is 2.39 bits per heavy atom. The number of nitrogens with zero attached hydrogens (tertiary/aromatic N) is 2. The van der Waals surface area contributed by atoms with Gasteiger partial charge in [0, 0.05) is 30.3 Å². The van der Waals surface area contributed by atoms with E-state index in [2.05, 4.69) is 30.1 Å². The number of anilines is 3. The molecule has 4 rings (SSSR count). The van der Waals surface area contributed by atoms with Crippen LogP contribution in [0, 0.1) is 5.82 Å². The van der Waals surface area contributed by atoms with Crippen LogP contribution in [-0.4, -0.2) is 32.4 Å². The first-order chi connectivity index (χ1) is 15.6. The summed E-state index contributed by atoms with van der Waals surface area (Å²) in [6.07, 6.45) is -4.88. The molecule has 33 heavy (non-hydrogen) atoms. The second kappa shape index (κ2) is 8.15. The summed E-state index contributed by atoms with van der Waals surface area (Å²) >= 11 is 0. The SMILES string of the molecule is OC=C1C=C(Nc2ncc(F)c(Nc3ccc4c(c3)OC(F)(F)C(F)(F)O4)n2)CC(=CO)C1. The predicted octanol–water partition coefficient (Wildman–Crippen LogP) is 5.29. The van der Waals surface area contributed by atoms with Gasteiger partial charge in [0.1, 0.15) is 0 Å². The lowest BCUT2D eigenvalue weighted by atomic mass is 9.96. The Kier molecular flexibility index (Phi) is 5.47. The molecule has 13 heteroatoms. The Labute approximate surface area is 182 Å². The van der Waals surface area contributed by atoms with Crippen LogP contribution in [0.3, 0.4) is 0 Å². The van der Waals surface area contributed by atoms with Gasteiger partial charge < -0.3 is 30.3 Å². The number of nitrogens with one attached hydrogen (secondary N) is 2. The number of benzene rings is 1. The van der Waals surface area contributed by atoms with Crippen molar-refractivity contribution in [3.63, 3.8) is 0 Å². The normalized spacial score (nSPS) is 20.9. The van der Waals surface area contributed by atoms with Crippen LogP contribution < -0.4 is 20.1 Å². The summed E-state index contributed by atoms with van der Waals surface area (Å²) in [6.45, 7) is 0. The number of ether oxygens (including phenoxy) is 2. The molecule has 0 atom stereocenters. The summed E-state index contributed by atoms with van der Waals surface area (Å²) in [5.74, 6) is -2.59. The Balaban J connectivity index is 1.56. The van der Waals surface area contributed by atoms with Crippen molar-refractivity contribution in [3.05, 3.63) is 65.7 Å². The Morgan fingerprint density at radius 2 is 1.70 bits per heavy atom. The molecule has 4 N–H and O–H groups in total. The number of aliphatic hydroxyl groups excluding tert-OH is 2. The second-order valence-corrected chi connectivity index (χ2v) is 7.05. The number of hydrogen-bond acceptors (Lipinski definition) is 8. The smallest absolute Gasteiger partial charge is 0.507 e. The molecule has 8 nitrogen and oxygen atoms in total. The Bertz CT molecular complexity index is 1180. The van der Waals surface area contributed by atoms with Gasteiger partial charge in [0.2, 0.25) is 5.95 Å². The lowest BCUT2D eigenvalue weighted by molar-refractivity contribution is -0.391. The minimum absolute atomic E-state index is 0.00482. The monoisotopic (exact) mass is 470 g/mol. The van der Waals surface area contributed by atoms with Crippen molar-refractivity contribution in [3.8, 4) is 11.5 Å². The standard InChI is InChI=1S/C20H15F5N4O4/c21-14-7-26-18(28-13-4-10(8-30)3-11(5-13)9-31)29-17(14)27-12-1-2-15-16(6-12)33-20(24,25)19(22,23)32-15/h1-2,4,6-9,30-31H,3,5H2,(H2,26,27,28,29). The third-order valence-electron chi connectivity index (χ3n) is 4.59. The van der Waals surface area contributed by atoms with E-state index in [1.807, 2.05) is 0 Å². The molecular formula is C20H15F5N4O4. The number of hydrogen-bond donors (Lipinski definition) is 4. The highest BCUT2D eigenvalue weighted by molar-refractivity contribution is 5.63. The Morgan fingerprint density at radius 1 is 0.970 bits per heavy atom. The zero-order chi connectivity index (χ0) is 23.8. The van der Waals surface area contributed by atoms with Gasteiger partial charge in [-0.1, -0.05) is 0 Å². The van der Waals surface area contributed by atoms with Crippen LogP contribution >= 0.6 is 0 Å². The molecule has 0 amide bonds. The van der Waals surface area contributed by atoms with Gasteiger partial charge >= 0.3 is 12.2 Å². The number of aliphatic hydroxyl groups is 2. The van der Waals surface area contributed by atoms with Gasteiger partial charge in [-0.05, 0) is 29.4 Å². The van der Waals surface area contributed by atoms with Crippen molar-refractivity contribution in [1.82, 2.24) is 9.97 Å². The molecule has 1 aromatic carbocycles. The Hall–Kier alpha value is -4.03. The molecule has 2 aromatic rings. The topological polar surface area (TPSA) is 109 Å². The average molecular weight is 470 g/mol. The fourth-order valence-corrected chi connectivity index (χ4v) is 3.09. The van der Waals surface area contributed by atoms with E-state index in [1.165, 1.54) is 6.07 Å². The largest absolute Gasteiger partial charge is 0.516 e. The molecule has 0 fully saturated rings. The summed E-state index contributed by atoms with van der Waals surface area (Å²) in [5.41, 5.74) is 1.60. The zero-order valence-corrected chi connectivity index (χ0v) is 16.5. The molecule has 1 aliphatic heterocycles. The summed E-state index contributed by atoms with van der Waals surface area (Å²) < 4.78 is 75.7. The van der Waals surface area contributed by atoms with E-state index in [4.69, 9.17) is 0 Å². The minimum Gasteiger partial charge on any atom is -0.516 e. The van der Waals surface area contributed by atoms with E-state index >= 15 is 0 Å². The van der Waals surface area contributed by atoms with Crippen molar-refractivity contribution in [2.75, 3.05) is 10.6 Å². The molecule has 0 spiro atoms. The number of aromatic nitrogens is 2. The summed E-state index contributed by atoms with van der Waals surface area (Å²) in [7, 11) is 0.